The highest BCUT2D eigenvalue weighted by molar-refractivity contribution is 6.15. The fraction of sp³-hybridized carbons (Fsp3) is 0.293. The molecular weight excluding hydrogens is 680 g/mol. The summed E-state index contributed by atoms with van der Waals surface area (Å²) < 4.78 is 5.42. The van der Waals surface area contributed by atoms with Gasteiger partial charge in [-0.15, -0.1) is 12.4 Å². The molecule has 0 saturated carbocycles. The van der Waals surface area contributed by atoms with Crippen LogP contribution in [0.5, 0.6) is 0 Å². The molecule has 3 N–H and O–H groups in total. The minimum Gasteiger partial charge on any atom is -0.444 e. The molecule has 2 aliphatic heterocycles. The highest BCUT2D eigenvalue weighted by Gasteiger charge is 2.37. The van der Waals surface area contributed by atoms with Crippen LogP contribution < -0.4 is 16.0 Å². The van der Waals surface area contributed by atoms with Crippen molar-refractivity contribution in [2.75, 3.05) is 23.7 Å². The Bertz CT molecular complexity index is 1860. The highest BCUT2D eigenvalue weighted by Crippen LogP contribution is 2.25. The van der Waals surface area contributed by atoms with Crippen molar-refractivity contribution in [2.24, 2.45) is 0 Å². The number of benzene rings is 4. The van der Waals surface area contributed by atoms with Crippen molar-refractivity contribution in [1.82, 2.24) is 10.2 Å². The van der Waals surface area contributed by atoms with Gasteiger partial charge in [-0.3, -0.25) is 24.1 Å². The number of carbonyl (C=O) groups excluding carboxylic acids is 5. The number of rotatable bonds is 8. The molecule has 2 atom stereocenters. The van der Waals surface area contributed by atoms with Gasteiger partial charge in [0.25, 0.3) is 0 Å². The van der Waals surface area contributed by atoms with Crippen molar-refractivity contribution in [3.05, 3.63) is 131 Å². The molecule has 0 unspecified atom stereocenters. The van der Waals surface area contributed by atoms with Crippen molar-refractivity contribution in [1.29, 1.82) is 0 Å². The number of ketones is 2. The number of nitrogens with zero attached hydrogens (tertiary/aromatic N) is 1. The van der Waals surface area contributed by atoms with Gasteiger partial charge in [0, 0.05) is 28.8 Å². The van der Waals surface area contributed by atoms with Gasteiger partial charge >= 0.3 is 6.09 Å². The first-order valence-corrected chi connectivity index (χ1v) is 17.2. The quantitative estimate of drug-likeness (QED) is 0.163. The van der Waals surface area contributed by atoms with Crippen LogP contribution in [0.4, 0.5) is 16.2 Å². The average molecular weight is 725 g/mol. The normalized spacial score (nSPS) is 16.4. The number of hydrogen-bond acceptors (Lipinski definition) is 7. The first kappa shape index (κ1) is 39.5. The number of ether oxygens (including phenoxy) is 1. The number of likely N-dealkylation sites (tertiary alicyclic amines) is 1. The van der Waals surface area contributed by atoms with E-state index in [2.05, 4.69) is 16.0 Å². The van der Waals surface area contributed by atoms with E-state index in [9.17, 15) is 24.0 Å². The van der Waals surface area contributed by atoms with Crippen molar-refractivity contribution < 1.29 is 28.7 Å². The molecule has 0 radical (unpaired) electrons. The van der Waals surface area contributed by atoms with E-state index < -0.39 is 17.7 Å². The van der Waals surface area contributed by atoms with Crippen molar-refractivity contribution >= 4 is 53.3 Å². The van der Waals surface area contributed by atoms with E-state index in [4.69, 9.17) is 4.74 Å². The number of nitrogens with one attached hydrogen (secondary N) is 3. The summed E-state index contributed by atoms with van der Waals surface area (Å²) in [7, 11) is 0. The summed E-state index contributed by atoms with van der Waals surface area (Å²) in [6.45, 7) is 6.71. The summed E-state index contributed by atoms with van der Waals surface area (Å²) in [5.41, 5.74) is 2.45. The van der Waals surface area contributed by atoms with E-state index in [-0.39, 0.29) is 41.8 Å². The second-order valence-electron chi connectivity index (χ2n) is 13.4. The lowest BCUT2D eigenvalue weighted by atomic mass is 10.0. The van der Waals surface area contributed by atoms with Crippen LogP contribution in [0.3, 0.4) is 0 Å². The molecule has 2 aliphatic rings. The van der Waals surface area contributed by atoms with Gasteiger partial charge in [-0.25, -0.2) is 4.79 Å². The molecule has 52 heavy (non-hydrogen) atoms. The Kier molecular flexibility index (Phi) is 13.9. The van der Waals surface area contributed by atoms with Crippen LogP contribution in [0.25, 0.3) is 0 Å². The molecule has 2 fully saturated rings. The Morgan fingerprint density at radius 2 is 1.13 bits per heavy atom. The zero-order valence-electron chi connectivity index (χ0n) is 29.6. The first-order chi connectivity index (χ1) is 24.5. The summed E-state index contributed by atoms with van der Waals surface area (Å²) in [6, 6.07) is 31.2. The number of amides is 3. The maximum atomic E-state index is 12.9. The summed E-state index contributed by atoms with van der Waals surface area (Å²) in [6.07, 6.45) is 2.62. The van der Waals surface area contributed by atoms with Gasteiger partial charge in [0.15, 0.2) is 11.6 Å². The standard InChI is InChI=1S/C23H26N2O4.C18H18N2O2.ClH/c1-23(2,3)29-22(28)25-15-9-14-19(25)21(27)24-18-13-8-7-12-17(18)20(26)16-10-5-4-6-11-16;21-17(13-7-2-1-3-8-13)14-9-4-5-10-15(14)20-18(22)16-11-6-12-19-16;/h4-8,10-13,19H,9,14-15H2,1-3H3,(H,24,27);1-5,7-10,16,19H,6,11-12H2,(H,20,22);1H/t19-;16-;/m00./s1. The summed E-state index contributed by atoms with van der Waals surface area (Å²) >= 11 is 0. The third-order valence-corrected chi connectivity index (χ3v) is 8.49. The number of para-hydroxylation sites is 2. The number of anilines is 2. The van der Waals surface area contributed by atoms with E-state index in [0.717, 1.165) is 25.8 Å². The number of hydrogen-bond donors (Lipinski definition) is 3. The molecule has 3 amide bonds. The number of carbonyl (C=O) groups is 5. The fourth-order valence-electron chi connectivity index (χ4n) is 5.99. The summed E-state index contributed by atoms with van der Waals surface area (Å²) in [5.74, 6) is -0.653. The van der Waals surface area contributed by atoms with Crippen LogP contribution in [-0.4, -0.2) is 65.1 Å². The van der Waals surface area contributed by atoms with E-state index in [0.29, 0.717) is 46.6 Å². The van der Waals surface area contributed by atoms with Crippen molar-refractivity contribution in [3.63, 3.8) is 0 Å². The van der Waals surface area contributed by atoms with E-state index in [1.807, 2.05) is 30.3 Å². The van der Waals surface area contributed by atoms with E-state index in [1.165, 1.54) is 4.90 Å². The van der Waals surface area contributed by atoms with Gasteiger partial charge in [-0.05, 0) is 77.3 Å². The fourth-order valence-corrected chi connectivity index (χ4v) is 5.99. The molecule has 0 spiro atoms. The minimum absolute atomic E-state index is 0. The Labute approximate surface area is 310 Å². The molecule has 10 nitrogen and oxygen atoms in total. The highest BCUT2D eigenvalue weighted by atomic mass is 35.5. The average Bonchev–Trinajstić information content (AvgIpc) is 3.86. The molecule has 11 heteroatoms. The van der Waals surface area contributed by atoms with Crippen LogP contribution in [0, 0.1) is 0 Å². The first-order valence-electron chi connectivity index (χ1n) is 17.2. The zero-order chi connectivity index (χ0) is 36.4. The maximum Gasteiger partial charge on any atom is 0.410 e. The largest absolute Gasteiger partial charge is 0.444 e. The van der Waals surface area contributed by atoms with Crippen LogP contribution in [0.2, 0.25) is 0 Å². The van der Waals surface area contributed by atoms with Gasteiger partial charge < -0.3 is 20.7 Å². The predicted octanol–water partition coefficient (Wildman–Crippen LogP) is 7.29. The number of halogens is 1. The second-order valence-corrected chi connectivity index (χ2v) is 13.4. The molecule has 0 bridgehead atoms. The summed E-state index contributed by atoms with van der Waals surface area (Å²) in [5, 5.41) is 8.88. The summed E-state index contributed by atoms with van der Waals surface area (Å²) in [4.78, 5) is 64.6. The van der Waals surface area contributed by atoms with Crippen LogP contribution in [-0.2, 0) is 14.3 Å². The van der Waals surface area contributed by atoms with Crippen LogP contribution in [0.15, 0.2) is 109 Å². The van der Waals surface area contributed by atoms with Gasteiger partial charge in [-0.1, -0.05) is 84.9 Å². The van der Waals surface area contributed by atoms with Gasteiger partial charge in [0.1, 0.15) is 11.6 Å². The molecule has 0 aromatic heterocycles. The van der Waals surface area contributed by atoms with Gasteiger partial charge in [0.2, 0.25) is 11.8 Å². The molecule has 6 rings (SSSR count). The second kappa shape index (κ2) is 18.3. The molecule has 4 aromatic carbocycles. The lowest BCUT2D eigenvalue weighted by Gasteiger charge is -2.28. The molecular formula is C41H45ClN4O6. The smallest absolute Gasteiger partial charge is 0.410 e. The minimum atomic E-state index is -0.630. The van der Waals surface area contributed by atoms with E-state index in [1.54, 1.807) is 99.6 Å². The Balaban J connectivity index is 0.000000236. The zero-order valence-corrected chi connectivity index (χ0v) is 30.4. The third kappa shape index (κ3) is 10.4. The third-order valence-electron chi connectivity index (χ3n) is 8.49. The molecule has 4 aromatic rings. The lowest BCUT2D eigenvalue weighted by Crippen LogP contribution is -2.45. The lowest BCUT2D eigenvalue weighted by molar-refractivity contribution is -0.120. The maximum absolute atomic E-state index is 12.9. The molecule has 2 saturated heterocycles. The molecule has 272 valence electrons. The monoisotopic (exact) mass is 724 g/mol. The SMILES string of the molecule is CC(C)(C)OC(=O)N1CCC[C@H]1C(=O)Nc1ccccc1C(=O)c1ccccc1.Cl.O=C(c1ccccc1)c1ccccc1NC(=O)[C@@H]1CCCN1. The Hall–Kier alpha value is -5.32. The molecule has 2 heterocycles. The van der Waals surface area contributed by atoms with Gasteiger partial charge in [0.05, 0.1) is 17.4 Å². The Morgan fingerprint density at radius 3 is 1.62 bits per heavy atom. The van der Waals surface area contributed by atoms with Crippen LogP contribution >= 0.6 is 12.4 Å². The Morgan fingerprint density at radius 1 is 0.654 bits per heavy atom. The van der Waals surface area contributed by atoms with E-state index >= 15 is 0 Å². The van der Waals surface area contributed by atoms with Crippen molar-refractivity contribution in [2.45, 2.75) is 64.1 Å². The van der Waals surface area contributed by atoms with Crippen molar-refractivity contribution in [3.8, 4) is 0 Å². The van der Waals surface area contributed by atoms with Gasteiger partial charge in [-0.2, -0.15) is 0 Å². The predicted molar refractivity (Wildman–Crippen MR) is 204 cm³/mol. The molecule has 0 aliphatic carbocycles. The van der Waals surface area contributed by atoms with Crippen LogP contribution in [0.1, 0.15) is 78.3 Å². The topological polar surface area (TPSA) is 134 Å².